The highest BCUT2D eigenvalue weighted by Gasteiger charge is 2.08. The summed E-state index contributed by atoms with van der Waals surface area (Å²) in [6.45, 7) is 1.97. The minimum absolute atomic E-state index is 0.0938. The van der Waals surface area contributed by atoms with Gasteiger partial charge in [0.05, 0.1) is 4.90 Å². The molecule has 0 saturated carbocycles. The molecule has 0 aliphatic rings. The second-order valence-electron chi connectivity index (χ2n) is 7.51. The van der Waals surface area contributed by atoms with E-state index in [2.05, 4.69) is 5.32 Å². The molecule has 3 rings (SSSR count). The quantitative estimate of drug-likeness (QED) is 0.370. The average Bonchev–Trinajstić information content (AvgIpc) is 2.82. The van der Waals surface area contributed by atoms with Crippen LogP contribution in [-0.2, 0) is 16.4 Å². The molecule has 0 amide bonds. The molecule has 0 aromatic heterocycles. The van der Waals surface area contributed by atoms with Gasteiger partial charge in [0.1, 0.15) is 43.2 Å². The Morgan fingerprint density at radius 3 is 2.03 bits per heavy atom. The van der Waals surface area contributed by atoms with Gasteiger partial charge in [0, 0.05) is 19.3 Å². The zero-order valence-electron chi connectivity index (χ0n) is 18.5. The summed E-state index contributed by atoms with van der Waals surface area (Å²) in [6, 6.07) is 23.5. The maximum atomic E-state index is 11.5. The van der Waals surface area contributed by atoms with Crippen LogP contribution in [0.1, 0.15) is 5.56 Å². The third-order valence-corrected chi connectivity index (χ3v) is 5.82. The van der Waals surface area contributed by atoms with Crippen molar-refractivity contribution in [2.45, 2.75) is 17.6 Å². The Labute approximate surface area is 194 Å². The van der Waals surface area contributed by atoms with Gasteiger partial charge in [-0.05, 0) is 54.1 Å². The third kappa shape index (κ3) is 8.76. The van der Waals surface area contributed by atoms with Crippen molar-refractivity contribution in [3.05, 3.63) is 84.4 Å². The van der Waals surface area contributed by atoms with Crippen LogP contribution in [0.25, 0.3) is 0 Å². The predicted molar refractivity (Wildman–Crippen MR) is 127 cm³/mol. The number of hydrogen-bond acceptors (Lipinski definition) is 7. The number of sulfone groups is 1. The second-order valence-corrected chi connectivity index (χ2v) is 9.52. The minimum atomic E-state index is -3.24. The molecule has 3 aromatic carbocycles. The molecule has 176 valence electrons. The lowest BCUT2D eigenvalue weighted by Gasteiger charge is -2.14. The number of hydrogen-bond donors (Lipinski definition) is 2. The lowest BCUT2D eigenvalue weighted by molar-refractivity contribution is 0.105. The van der Waals surface area contributed by atoms with E-state index in [1.54, 1.807) is 12.1 Å². The summed E-state index contributed by atoms with van der Waals surface area (Å²) >= 11 is 0. The van der Waals surface area contributed by atoms with E-state index in [1.165, 1.54) is 12.1 Å². The molecule has 0 aliphatic heterocycles. The van der Waals surface area contributed by atoms with Crippen molar-refractivity contribution in [1.82, 2.24) is 5.32 Å². The first kappa shape index (κ1) is 24.6. The summed E-state index contributed by atoms with van der Waals surface area (Å²) in [5, 5.41) is 13.1. The van der Waals surface area contributed by atoms with Crippen LogP contribution in [-0.4, -0.2) is 52.2 Å². The molecule has 0 spiro atoms. The van der Waals surface area contributed by atoms with Crippen molar-refractivity contribution in [1.29, 1.82) is 0 Å². The minimum Gasteiger partial charge on any atom is -0.492 e. The summed E-state index contributed by atoms with van der Waals surface area (Å²) in [4.78, 5) is 0.228. The molecule has 8 heteroatoms. The van der Waals surface area contributed by atoms with Crippen LogP contribution in [0.3, 0.4) is 0 Å². The number of aliphatic hydroxyl groups is 1. The molecule has 0 heterocycles. The summed E-state index contributed by atoms with van der Waals surface area (Å²) in [7, 11) is -3.24. The van der Waals surface area contributed by atoms with E-state index in [0.29, 0.717) is 32.1 Å². The van der Waals surface area contributed by atoms with Gasteiger partial charge in [0.25, 0.3) is 0 Å². The number of benzene rings is 3. The summed E-state index contributed by atoms with van der Waals surface area (Å²) in [6.07, 6.45) is 0.444. The first-order valence-corrected chi connectivity index (χ1v) is 12.5. The zero-order valence-corrected chi connectivity index (χ0v) is 19.3. The Hall–Kier alpha value is -3.07. The lowest BCUT2D eigenvalue weighted by atomic mass is 10.2. The van der Waals surface area contributed by atoms with Crippen LogP contribution < -0.4 is 19.5 Å². The summed E-state index contributed by atoms with van der Waals surface area (Å²) in [5.74, 6) is 2.02. The molecule has 0 saturated heterocycles. The van der Waals surface area contributed by atoms with E-state index in [0.717, 1.165) is 23.3 Å². The smallest absolute Gasteiger partial charge is 0.175 e. The van der Waals surface area contributed by atoms with Crippen LogP contribution in [0.15, 0.2) is 83.8 Å². The van der Waals surface area contributed by atoms with Crippen LogP contribution >= 0.6 is 0 Å². The van der Waals surface area contributed by atoms with E-state index in [1.807, 2.05) is 54.6 Å². The zero-order chi connectivity index (χ0) is 23.5. The Bertz CT molecular complexity index is 1070. The molecule has 0 aliphatic carbocycles. The summed E-state index contributed by atoms with van der Waals surface area (Å²) < 4.78 is 39.9. The third-order valence-electron chi connectivity index (χ3n) is 4.69. The van der Waals surface area contributed by atoms with Gasteiger partial charge in [-0.2, -0.15) is 0 Å². The molecule has 33 heavy (non-hydrogen) atoms. The van der Waals surface area contributed by atoms with Gasteiger partial charge < -0.3 is 24.6 Å². The number of aliphatic hydroxyl groups excluding tert-OH is 1. The van der Waals surface area contributed by atoms with Crippen molar-refractivity contribution in [3.8, 4) is 17.2 Å². The number of nitrogens with one attached hydrogen (secondary N) is 1. The molecular weight excluding hydrogens is 442 g/mol. The van der Waals surface area contributed by atoms with Crippen molar-refractivity contribution < 1.29 is 27.7 Å². The first-order chi connectivity index (χ1) is 15.9. The highest BCUT2D eigenvalue weighted by atomic mass is 32.2. The Kier molecular flexibility index (Phi) is 9.12. The van der Waals surface area contributed by atoms with E-state index < -0.39 is 15.9 Å². The van der Waals surface area contributed by atoms with Crippen molar-refractivity contribution in [2.75, 3.05) is 32.6 Å². The van der Waals surface area contributed by atoms with Crippen LogP contribution in [0.5, 0.6) is 17.2 Å². The standard InChI is InChI=1S/C25H29NO6S/c1-33(28,29)25-13-11-24(12-14-25)32-19-21(27)17-26-15-16-30-22-7-9-23(10-8-22)31-18-20-5-3-2-4-6-20/h2-14,21,26-27H,15-19H2,1H3. The maximum Gasteiger partial charge on any atom is 0.175 e. The first-order valence-electron chi connectivity index (χ1n) is 10.6. The normalized spacial score (nSPS) is 12.2. The number of ether oxygens (including phenoxy) is 3. The second kappa shape index (κ2) is 12.2. The van der Waals surface area contributed by atoms with E-state index >= 15 is 0 Å². The maximum absolute atomic E-state index is 11.5. The highest BCUT2D eigenvalue weighted by Crippen LogP contribution is 2.19. The monoisotopic (exact) mass is 471 g/mol. The van der Waals surface area contributed by atoms with E-state index in [4.69, 9.17) is 14.2 Å². The predicted octanol–water partition coefficient (Wildman–Crippen LogP) is 3.08. The van der Waals surface area contributed by atoms with Gasteiger partial charge in [0.15, 0.2) is 9.84 Å². The van der Waals surface area contributed by atoms with Crippen molar-refractivity contribution >= 4 is 9.84 Å². The summed E-state index contributed by atoms with van der Waals surface area (Å²) in [5.41, 5.74) is 1.11. The highest BCUT2D eigenvalue weighted by molar-refractivity contribution is 7.90. The SMILES string of the molecule is CS(=O)(=O)c1ccc(OCC(O)CNCCOc2ccc(OCc3ccccc3)cc2)cc1. The van der Waals surface area contributed by atoms with Gasteiger partial charge in [0.2, 0.25) is 0 Å². The van der Waals surface area contributed by atoms with Gasteiger partial charge >= 0.3 is 0 Å². The fourth-order valence-corrected chi connectivity index (χ4v) is 3.55. The molecule has 1 atom stereocenters. The van der Waals surface area contributed by atoms with Gasteiger partial charge in [-0.25, -0.2) is 8.42 Å². The molecule has 1 unspecified atom stereocenters. The molecule has 3 aromatic rings. The van der Waals surface area contributed by atoms with E-state index in [9.17, 15) is 13.5 Å². The molecule has 0 fully saturated rings. The Morgan fingerprint density at radius 1 is 0.818 bits per heavy atom. The molecule has 0 radical (unpaired) electrons. The molecule has 0 bridgehead atoms. The largest absolute Gasteiger partial charge is 0.492 e. The van der Waals surface area contributed by atoms with Crippen LogP contribution in [0.4, 0.5) is 0 Å². The fourth-order valence-electron chi connectivity index (χ4n) is 2.92. The molecule has 7 nitrogen and oxygen atoms in total. The van der Waals surface area contributed by atoms with E-state index in [-0.39, 0.29) is 11.5 Å². The molecule has 2 N–H and O–H groups in total. The lowest BCUT2D eigenvalue weighted by Crippen LogP contribution is -2.33. The average molecular weight is 472 g/mol. The van der Waals surface area contributed by atoms with Crippen LogP contribution in [0, 0.1) is 0 Å². The number of rotatable bonds is 13. The Morgan fingerprint density at radius 2 is 1.39 bits per heavy atom. The van der Waals surface area contributed by atoms with Gasteiger partial charge in [-0.3, -0.25) is 0 Å². The topological polar surface area (TPSA) is 94.1 Å². The molecular formula is C25H29NO6S. The van der Waals surface area contributed by atoms with Gasteiger partial charge in [-0.1, -0.05) is 30.3 Å². The van der Waals surface area contributed by atoms with Crippen LogP contribution in [0.2, 0.25) is 0 Å². The van der Waals surface area contributed by atoms with Crippen molar-refractivity contribution in [2.24, 2.45) is 0 Å². The van der Waals surface area contributed by atoms with Crippen molar-refractivity contribution in [3.63, 3.8) is 0 Å². The van der Waals surface area contributed by atoms with Gasteiger partial charge in [-0.15, -0.1) is 0 Å². The Balaban J connectivity index is 1.27. The fraction of sp³-hybridized carbons (Fsp3) is 0.280.